The van der Waals surface area contributed by atoms with Crippen LogP contribution >= 0.6 is 53.5 Å². The number of thiol groups is 3. The van der Waals surface area contributed by atoms with Gasteiger partial charge in [0, 0.05) is 30.9 Å². The summed E-state index contributed by atoms with van der Waals surface area (Å²) in [7, 11) is -9.82. The number of hydrogen-bond donors (Lipinski definition) is 13. The standard InChI is InChI=1S/2C10H14N5O6PS2.Mg.2H2O.W/c2*11-10-14-7-4(8(16)15-10)12-3-6(24)5(23)2(21-9(3)13-7)1-20-22(17,18)19;;;;/h2*2-3,9,12,23-24H,1H2,(H2,17,18,19)(H4,11,13,14,15,16);;2*1H2;/q;;+2;;;/p-5. The number of hydrogen-bond acceptors (Lipinski definition) is 24. The van der Waals surface area contributed by atoms with Gasteiger partial charge in [0.05, 0.1) is 19.3 Å². The summed E-state index contributed by atoms with van der Waals surface area (Å²) in [5.41, 5.74) is 10.3. The van der Waals surface area contributed by atoms with Crippen LogP contribution in [0.4, 0.5) is 34.9 Å². The molecule has 2 aromatic rings. The van der Waals surface area contributed by atoms with Crippen LogP contribution in [-0.2, 0) is 61.3 Å². The van der Waals surface area contributed by atoms with Crippen molar-refractivity contribution in [1.82, 2.24) is 19.9 Å². The maximum Gasteiger partial charge on any atom is 2.00 e. The Morgan fingerprint density at radius 3 is 1.58 bits per heavy atom. The molecule has 0 aromatic carbocycles. The number of nitrogens with one attached hydrogen (secondary N) is 6. The van der Waals surface area contributed by atoms with Gasteiger partial charge in [-0.05, 0) is 4.91 Å². The summed E-state index contributed by atoms with van der Waals surface area (Å²) in [5, 5.41) is 11.6. The van der Waals surface area contributed by atoms with Crippen LogP contribution in [0.25, 0.3) is 0 Å². The number of aromatic amines is 2. The number of nitrogens with two attached hydrogens (primary N) is 2. The molecule has 0 radical (unpaired) electrons. The van der Waals surface area contributed by atoms with Gasteiger partial charge in [-0.25, -0.2) is 0 Å². The molecule has 8 unspecified atom stereocenters. The van der Waals surface area contributed by atoms with E-state index in [2.05, 4.69) is 88.1 Å². The number of aromatic nitrogens is 4. The fourth-order valence-electron chi connectivity index (χ4n) is 4.68. The molecule has 0 saturated heterocycles. The summed E-state index contributed by atoms with van der Waals surface area (Å²) >= 11 is 18.1. The second-order valence-electron chi connectivity index (χ2n) is 10.0. The molecule has 4 aliphatic rings. The third-order valence-electron chi connectivity index (χ3n) is 6.74. The average Bonchev–Trinajstić information content (AvgIpc) is 2.97. The van der Waals surface area contributed by atoms with Crippen molar-refractivity contribution in [2.45, 2.75) is 36.7 Å². The molecule has 0 saturated carbocycles. The summed E-state index contributed by atoms with van der Waals surface area (Å²) < 4.78 is 41.5. The molecule has 2 aromatic heterocycles. The van der Waals surface area contributed by atoms with Crippen molar-refractivity contribution >= 4 is 124 Å². The van der Waals surface area contributed by atoms with Gasteiger partial charge in [0.15, 0.2) is 24.1 Å². The van der Waals surface area contributed by atoms with E-state index >= 15 is 0 Å². The van der Waals surface area contributed by atoms with Gasteiger partial charge in [0.2, 0.25) is 11.9 Å². The van der Waals surface area contributed by atoms with Gasteiger partial charge < -0.3 is 94.4 Å². The van der Waals surface area contributed by atoms with Gasteiger partial charge in [0.1, 0.15) is 29.6 Å². The van der Waals surface area contributed by atoms with Crippen LogP contribution in [0.5, 0.6) is 0 Å². The van der Waals surface area contributed by atoms with Crippen LogP contribution in [0.15, 0.2) is 29.2 Å². The van der Waals surface area contributed by atoms with Crippen LogP contribution in [0.1, 0.15) is 0 Å². The van der Waals surface area contributed by atoms with Crippen molar-refractivity contribution in [2.24, 2.45) is 0 Å². The maximum absolute atomic E-state index is 11.9. The van der Waals surface area contributed by atoms with Crippen molar-refractivity contribution in [3.05, 3.63) is 40.3 Å². The molecule has 24 nitrogen and oxygen atoms in total. The van der Waals surface area contributed by atoms with E-state index in [0.717, 1.165) is 0 Å². The number of nitrogens with zero attached hydrogens (tertiary/aromatic N) is 2. The number of rotatable bonds is 6. The predicted octanol–water partition coefficient (Wildman–Crippen LogP) is -3.46. The van der Waals surface area contributed by atoms with E-state index in [4.69, 9.17) is 43.4 Å². The third-order valence-corrected chi connectivity index (χ3v) is 10.1. The number of ether oxygens (including phenoxy) is 2. The number of H-pyrrole nitrogens is 2. The van der Waals surface area contributed by atoms with E-state index in [1.807, 2.05) is 0 Å². The van der Waals surface area contributed by atoms with E-state index in [9.17, 15) is 28.5 Å². The largest absolute Gasteiger partial charge is 2.00 e. The molecule has 0 bridgehead atoms. The summed E-state index contributed by atoms with van der Waals surface area (Å²) in [6.07, 6.45) is -3.33. The number of anilines is 6. The minimum atomic E-state index is -4.91. The van der Waals surface area contributed by atoms with Crippen LogP contribution in [0.3, 0.4) is 0 Å². The monoisotopic (exact) mass is 1030 g/mol. The SMILES string of the molecule is Nc1nc2c(c(=O)[nH]1)NC1C(S)=C(S)C(COP(=O)([O-])O)OC1N2.Nc1nc2c(c(=O)[nH]1)NC1C([S-])=C(S)C(COP(=O)([O-])O)OC1N2.[Mg+2].[OH-].[OH-].[W]. The van der Waals surface area contributed by atoms with Gasteiger partial charge >= 0.3 is 23.1 Å². The molecule has 0 aliphatic carbocycles. The summed E-state index contributed by atoms with van der Waals surface area (Å²) in [4.78, 5) is 76.6. The molecule has 14 N–H and O–H groups in total. The van der Waals surface area contributed by atoms with Crippen LogP contribution in [0.2, 0.25) is 0 Å². The van der Waals surface area contributed by atoms with Crippen molar-refractivity contribution in [3.8, 4) is 0 Å². The van der Waals surface area contributed by atoms with Gasteiger partial charge in [-0.3, -0.25) is 28.7 Å². The Kier molecular flexibility index (Phi) is 18.0. The fourth-order valence-corrected chi connectivity index (χ4v) is 6.54. The average molecular weight is 1030 g/mol. The molecule has 0 spiro atoms. The van der Waals surface area contributed by atoms with Crippen molar-refractivity contribution < 1.29 is 79.2 Å². The van der Waals surface area contributed by atoms with Gasteiger partial charge in [-0.2, -0.15) is 14.9 Å². The molecule has 0 amide bonds. The Hall–Kier alpha value is -1.18. The van der Waals surface area contributed by atoms with Crippen molar-refractivity contribution in [1.29, 1.82) is 0 Å². The first-order valence-electron chi connectivity index (χ1n) is 13.1. The van der Waals surface area contributed by atoms with Crippen molar-refractivity contribution in [3.63, 3.8) is 0 Å². The molecule has 32 heteroatoms. The van der Waals surface area contributed by atoms with Crippen LogP contribution in [-0.4, -0.2) is 114 Å². The molecule has 286 valence electrons. The molecule has 8 atom stereocenters. The van der Waals surface area contributed by atoms with E-state index in [1.54, 1.807) is 0 Å². The zero-order valence-corrected chi connectivity index (χ0v) is 35.2. The maximum atomic E-state index is 11.9. The van der Waals surface area contributed by atoms with Crippen molar-refractivity contribution in [2.75, 3.05) is 45.9 Å². The quantitative estimate of drug-likeness (QED) is 0.0579. The molecule has 6 heterocycles. The number of phosphoric ester groups is 2. The Labute approximate surface area is 344 Å². The van der Waals surface area contributed by atoms with E-state index < -0.39 is 76.7 Å². The zero-order chi connectivity index (χ0) is 35.3. The predicted molar refractivity (Wildman–Crippen MR) is 187 cm³/mol. The topological polar surface area (TPSA) is 409 Å². The number of phosphoric acid groups is 2. The smallest absolute Gasteiger partial charge is 0.870 e. The van der Waals surface area contributed by atoms with E-state index in [0.29, 0.717) is 14.7 Å². The molecular weight excluding hydrogens is 1000 g/mol. The van der Waals surface area contributed by atoms with Crippen LogP contribution < -0.4 is 53.6 Å². The molecular formula is C20H27MgN10O14P2S4W-3. The fraction of sp³-hybridized carbons (Fsp3) is 0.400. The summed E-state index contributed by atoms with van der Waals surface area (Å²) in [6.45, 7) is -0.984. The molecule has 6 rings (SSSR count). The molecule has 0 fully saturated rings. The normalized spacial score (nSPS) is 26.1. The number of fused-ring (bicyclic) bond motifs is 4. The van der Waals surface area contributed by atoms with Gasteiger partial charge in [0.25, 0.3) is 26.8 Å². The van der Waals surface area contributed by atoms with Crippen LogP contribution in [0, 0.1) is 0 Å². The second kappa shape index (κ2) is 19.1. The first-order chi connectivity index (χ1) is 22.3. The first kappa shape index (κ1) is 48.8. The minimum absolute atomic E-state index is 0. The van der Waals surface area contributed by atoms with E-state index in [1.165, 1.54) is 0 Å². The zero-order valence-electron chi connectivity index (χ0n) is 25.6. The van der Waals surface area contributed by atoms with Gasteiger partial charge in [-0.15, -0.1) is 37.9 Å². The Morgan fingerprint density at radius 2 is 1.15 bits per heavy atom. The Bertz CT molecular complexity index is 1770. The summed E-state index contributed by atoms with van der Waals surface area (Å²) in [6, 6.07) is -1.18. The van der Waals surface area contributed by atoms with E-state index in [-0.39, 0.29) is 94.9 Å². The Morgan fingerprint density at radius 1 is 0.769 bits per heavy atom. The molecule has 52 heavy (non-hydrogen) atoms. The molecule has 4 aliphatic heterocycles. The first-order valence-corrected chi connectivity index (χ1v) is 17.8. The number of nitrogen functional groups attached to an aromatic ring is 2. The Balaban J connectivity index is 0.000000483. The second-order valence-corrected chi connectivity index (χ2v) is 14.3. The third kappa shape index (κ3) is 11.4. The minimum Gasteiger partial charge on any atom is -0.870 e. The summed E-state index contributed by atoms with van der Waals surface area (Å²) in [5.74, 6) is 0.182. The van der Waals surface area contributed by atoms with Gasteiger partial charge in [-0.1, -0.05) is 0 Å².